The first-order valence-corrected chi connectivity index (χ1v) is 9.05. The van der Waals surface area contributed by atoms with Gasteiger partial charge in [0, 0.05) is 14.1 Å². The van der Waals surface area contributed by atoms with Gasteiger partial charge < -0.3 is 0 Å². The van der Waals surface area contributed by atoms with Crippen molar-refractivity contribution in [3.05, 3.63) is 0 Å². The minimum absolute atomic E-state index is 0.01000. The SMILES string of the molecule is CN(C)S(=O)(=O)N[Si](C)(C)C(C)(C)C. The molecule has 4 nitrogen and oxygen atoms in total. The lowest BCUT2D eigenvalue weighted by Crippen LogP contribution is -2.57. The lowest BCUT2D eigenvalue weighted by atomic mass is 10.2. The van der Waals surface area contributed by atoms with Gasteiger partial charge in [-0.15, -0.1) is 0 Å². The lowest BCUT2D eigenvalue weighted by molar-refractivity contribution is 0.514. The molecule has 0 aromatic heterocycles. The molecule has 0 bridgehead atoms. The van der Waals surface area contributed by atoms with Gasteiger partial charge in [-0.3, -0.25) is 0 Å². The van der Waals surface area contributed by atoms with Gasteiger partial charge in [-0.1, -0.05) is 33.9 Å². The summed E-state index contributed by atoms with van der Waals surface area (Å²) in [5.74, 6) is 0. The van der Waals surface area contributed by atoms with Crippen molar-refractivity contribution >= 4 is 18.4 Å². The Morgan fingerprint density at radius 3 is 1.71 bits per heavy atom. The highest BCUT2D eigenvalue weighted by molar-refractivity contribution is 7.88. The van der Waals surface area contributed by atoms with E-state index >= 15 is 0 Å². The summed E-state index contributed by atoms with van der Waals surface area (Å²) in [5, 5.41) is 0.01000. The molecule has 0 atom stereocenters. The molecule has 86 valence electrons. The first-order valence-electron chi connectivity index (χ1n) is 4.61. The molecule has 0 saturated carbocycles. The van der Waals surface area contributed by atoms with Gasteiger partial charge >= 0.3 is 0 Å². The van der Waals surface area contributed by atoms with Crippen LogP contribution in [0.25, 0.3) is 0 Å². The molecular formula is C8H22N2O2SSi. The van der Waals surface area contributed by atoms with Gasteiger partial charge in [0.05, 0.1) is 0 Å². The number of nitrogens with one attached hydrogen (secondary N) is 1. The Labute approximate surface area is 89.0 Å². The van der Waals surface area contributed by atoms with Crippen LogP contribution < -0.4 is 4.39 Å². The Bertz CT molecular complexity index is 291. The summed E-state index contributed by atoms with van der Waals surface area (Å²) in [4.78, 5) is 0. The largest absolute Gasteiger partial charge is 0.272 e. The number of hydrogen-bond acceptors (Lipinski definition) is 2. The number of rotatable bonds is 3. The molecule has 0 aromatic carbocycles. The Kier molecular flexibility index (Phi) is 3.94. The van der Waals surface area contributed by atoms with Crippen molar-refractivity contribution in [2.45, 2.75) is 38.9 Å². The van der Waals surface area contributed by atoms with Gasteiger partial charge in [0.15, 0.2) is 0 Å². The van der Waals surface area contributed by atoms with Gasteiger partial charge in [0.25, 0.3) is 10.2 Å². The zero-order valence-electron chi connectivity index (χ0n) is 10.2. The highest BCUT2D eigenvalue weighted by Crippen LogP contribution is 2.34. The second-order valence-electron chi connectivity index (χ2n) is 5.26. The standard InChI is InChI=1S/C8H22N2O2SSi/c1-8(2,3)14(6,7)9-13(11,12)10(4)5/h9H,1-7H3. The molecule has 0 unspecified atom stereocenters. The van der Waals surface area contributed by atoms with Crippen LogP contribution >= 0.6 is 0 Å². The molecule has 0 radical (unpaired) electrons. The summed E-state index contributed by atoms with van der Waals surface area (Å²) < 4.78 is 27.3. The molecule has 0 heterocycles. The molecule has 14 heavy (non-hydrogen) atoms. The third kappa shape index (κ3) is 3.34. The van der Waals surface area contributed by atoms with Crippen molar-refractivity contribution in [1.82, 2.24) is 8.69 Å². The molecule has 0 aliphatic carbocycles. The molecule has 0 saturated heterocycles. The van der Waals surface area contributed by atoms with Crippen LogP contribution in [0.3, 0.4) is 0 Å². The quantitative estimate of drug-likeness (QED) is 0.755. The van der Waals surface area contributed by atoms with Crippen LogP contribution in [0.15, 0.2) is 0 Å². The Morgan fingerprint density at radius 1 is 1.14 bits per heavy atom. The van der Waals surface area contributed by atoms with Crippen LogP contribution in [0, 0.1) is 0 Å². The van der Waals surface area contributed by atoms with E-state index in [0.29, 0.717) is 0 Å². The Morgan fingerprint density at radius 2 is 1.50 bits per heavy atom. The van der Waals surface area contributed by atoms with E-state index in [1.165, 1.54) is 18.4 Å². The van der Waals surface area contributed by atoms with E-state index in [4.69, 9.17) is 0 Å². The number of hydrogen-bond donors (Lipinski definition) is 1. The van der Waals surface area contributed by atoms with Crippen molar-refractivity contribution in [1.29, 1.82) is 0 Å². The highest BCUT2D eigenvalue weighted by atomic mass is 32.2. The average Bonchev–Trinajstić information content (AvgIpc) is 1.80. The molecule has 0 aliphatic rings. The molecule has 0 aliphatic heterocycles. The minimum Gasteiger partial charge on any atom is -0.224 e. The predicted octanol–water partition coefficient (Wildman–Crippen LogP) is 1.39. The maximum absolute atomic E-state index is 11.6. The van der Waals surface area contributed by atoms with E-state index in [1.54, 1.807) is 0 Å². The molecule has 0 fully saturated rings. The summed E-state index contributed by atoms with van der Waals surface area (Å²) in [7, 11) is -2.20. The van der Waals surface area contributed by atoms with E-state index in [1.807, 2.05) is 13.1 Å². The van der Waals surface area contributed by atoms with Crippen LogP contribution in [0.4, 0.5) is 0 Å². The van der Waals surface area contributed by atoms with Gasteiger partial charge in [0.2, 0.25) is 0 Å². The second-order valence-corrected chi connectivity index (χ2v) is 12.5. The Balaban J connectivity index is 4.87. The fourth-order valence-corrected chi connectivity index (χ4v) is 5.10. The van der Waals surface area contributed by atoms with Gasteiger partial charge in [-0.2, -0.15) is 12.7 Å². The van der Waals surface area contributed by atoms with Gasteiger partial charge in [-0.05, 0) is 5.04 Å². The first kappa shape index (κ1) is 14.1. The van der Waals surface area contributed by atoms with E-state index in [2.05, 4.69) is 25.2 Å². The summed E-state index contributed by atoms with van der Waals surface area (Å²) in [6, 6.07) is 0. The van der Waals surface area contributed by atoms with Crippen LogP contribution in [0.5, 0.6) is 0 Å². The van der Waals surface area contributed by atoms with Crippen LogP contribution in [0.2, 0.25) is 18.1 Å². The summed E-state index contributed by atoms with van der Waals surface area (Å²) in [6.07, 6.45) is 0. The zero-order valence-corrected chi connectivity index (χ0v) is 12.0. The topological polar surface area (TPSA) is 49.4 Å². The van der Waals surface area contributed by atoms with Crippen LogP contribution in [-0.4, -0.2) is 35.1 Å². The third-order valence-corrected chi connectivity index (χ3v) is 10.5. The maximum Gasteiger partial charge on any atom is 0.272 e. The molecule has 6 heteroatoms. The molecule has 0 amide bonds. The fourth-order valence-electron chi connectivity index (χ4n) is 0.567. The lowest BCUT2D eigenvalue weighted by Gasteiger charge is -2.37. The van der Waals surface area contributed by atoms with Crippen molar-refractivity contribution < 1.29 is 8.42 Å². The smallest absolute Gasteiger partial charge is 0.224 e. The highest BCUT2D eigenvalue weighted by Gasteiger charge is 2.39. The van der Waals surface area contributed by atoms with E-state index in [9.17, 15) is 8.42 Å². The van der Waals surface area contributed by atoms with Crippen LogP contribution in [-0.2, 0) is 10.2 Å². The van der Waals surface area contributed by atoms with E-state index < -0.39 is 18.4 Å². The average molecular weight is 238 g/mol. The summed E-state index contributed by atoms with van der Waals surface area (Å²) in [6.45, 7) is 10.2. The van der Waals surface area contributed by atoms with Crippen molar-refractivity contribution in [3.63, 3.8) is 0 Å². The molecule has 0 aromatic rings. The zero-order chi connectivity index (χ0) is 11.8. The molecular weight excluding hydrogens is 216 g/mol. The molecule has 0 rings (SSSR count). The summed E-state index contributed by atoms with van der Waals surface area (Å²) >= 11 is 0. The Hall–Kier alpha value is 0.0869. The van der Waals surface area contributed by atoms with Crippen molar-refractivity contribution in [3.8, 4) is 0 Å². The van der Waals surface area contributed by atoms with Gasteiger partial charge in [0.1, 0.15) is 8.24 Å². The van der Waals surface area contributed by atoms with Crippen LogP contribution in [0.1, 0.15) is 20.8 Å². The summed E-state index contributed by atoms with van der Waals surface area (Å²) in [5.41, 5.74) is 0. The predicted molar refractivity (Wildman–Crippen MR) is 62.9 cm³/mol. The molecule has 0 spiro atoms. The van der Waals surface area contributed by atoms with Crippen molar-refractivity contribution in [2.75, 3.05) is 14.1 Å². The molecule has 1 N–H and O–H groups in total. The fraction of sp³-hybridized carbons (Fsp3) is 1.00. The minimum atomic E-state index is -3.29. The second kappa shape index (κ2) is 3.92. The van der Waals surface area contributed by atoms with E-state index in [-0.39, 0.29) is 5.04 Å². The van der Waals surface area contributed by atoms with Gasteiger partial charge in [-0.25, -0.2) is 4.39 Å². The third-order valence-electron chi connectivity index (χ3n) is 2.74. The maximum atomic E-state index is 11.6. The normalized spacial score (nSPS) is 14.9. The number of nitrogens with zero attached hydrogens (tertiary/aromatic N) is 1. The van der Waals surface area contributed by atoms with E-state index in [0.717, 1.165) is 0 Å². The van der Waals surface area contributed by atoms with Crippen molar-refractivity contribution in [2.24, 2.45) is 0 Å². The first-order chi connectivity index (χ1) is 5.90. The monoisotopic (exact) mass is 238 g/mol.